The molecule has 0 aliphatic carbocycles. The maximum atomic E-state index is 12.4. The normalized spacial score (nSPS) is 14.1. The first-order valence-electron chi connectivity index (χ1n) is 8.58. The van der Waals surface area contributed by atoms with Crippen molar-refractivity contribution in [2.45, 2.75) is 32.7 Å². The standard InChI is InChI=1S/C18H26N4O3.ClH/c1-12(2)17(19)18(25)21-10-15(23)20-11-16(24)22-9-5-7-13-6-3-4-8-14(13)22;/h3-4,6,8,12,17H,5,7,9-11,19H2,1-2H3,(H,20,23)(H,21,25);1H/t17-;/m0./s1. The lowest BCUT2D eigenvalue weighted by molar-refractivity contribution is -0.128. The summed E-state index contributed by atoms with van der Waals surface area (Å²) < 4.78 is 0. The van der Waals surface area contributed by atoms with Crippen LogP contribution in [0, 0.1) is 5.92 Å². The molecule has 144 valence electrons. The van der Waals surface area contributed by atoms with Crippen LogP contribution >= 0.6 is 12.4 Å². The first-order valence-corrected chi connectivity index (χ1v) is 8.58. The highest BCUT2D eigenvalue weighted by Crippen LogP contribution is 2.26. The van der Waals surface area contributed by atoms with Crippen LogP contribution in [0.4, 0.5) is 5.69 Å². The van der Waals surface area contributed by atoms with Crippen LogP contribution in [0.15, 0.2) is 24.3 Å². The van der Waals surface area contributed by atoms with Gasteiger partial charge in [-0.05, 0) is 30.4 Å². The number of carbonyl (C=O) groups excluding carboxylic acids is 3. The Hall–Kier alpha value is -2.12. The average Bonchev–Trinajstić information content (AvgIpc) is 2.62. The van der Waals surface area contributed by atoms with Crippen molar-refractivity contribution in [2.75, 3.05) is 24.5 Å². The van der Waals surface area contributed by atoms with E-state index in [-0.39, 0.29) is 43.2 Å². The summed E-state index contributed by atoms with van der Waals surface area (Å²) in [4.78, 5) is 37.7. The molecule has 2 rings (SSSR count). The van der Waals surface area contributed by atoms with E-state index >= 15 is 0 Å². The number of benzene rings is 1. The molecule has 1 aromatic carbocycles. The van der Waals surface area contributed by atoms with E-state index in [9.17, 15) is 14.4 Å². The third kappa shape index (κ3) is 5.71. The second-order valence-electron chi connectivity index (χ2n) is 6.54. The number of rotatable bonds is 6. The van der Waals surface area contributed by atoms with Gasteiger partial charge in [0, 0.05) is 12.2 Å². The molecule has 0 spiro atoms. The molecule has 1 aliphatic heterocycles. The Bertz CT molecular complexity index is 651. The summed E-state index contributed by atoms with van der Waals surface area (Å²) in [5.41, 5.74) is 7.76. The number of fused-ring (bicyclic) bond motifs is 1. The minimum absolute atomic E-state index is 0. The molecule has 3 amide bonds. The van der Waals surface area contributed by atoms with E-state index in [2.05, 4.69) is 10.6 Å². The molecule has 0 unspecified atom stereocenters. The predicted octanol–water partition coefficient (Wildman–Crippen LogP) is 0.603. The number of hydrogen-bond donors (Lipinski definition) is 3. The quantitative estimate of drug-likeness (QED) is 0.670. The average molecular weight is 383 g/mol. The maximum Gasteiger partial charge on any atom is 0.246 e. The molecule has 0 radical (unpaired) electrons. The number of nitrogens with zero attached hydrogens (tertiary/aromatic N) is 1. The molecule has 1 atom stereocenters. The van der Waals surface area contributed by atoms with Gasteiger partial charge < -0.3 is 21.3 Å². The van der Waals surface area contributed by atoms with Crippen molar-refractivity contribution in [2.24, 2.45) is 11.7 Å². The third-order valence-electron chi connectivity index (χ3n) is 4.29. The molecular formula is C18H27ClN4O3. The van der Waals surface area contributed by atoms with Crippen LogP contribution in [0.3, 0.4) is 0 Å². The lowest BCUT2D eigenvalue weighted by atomic mass is 10.0. The number of anilines is 1. The Kier molecular flexibility index (Phi) is 8.54. The first kappa shape index (κ1) is 21.9. The molecule has 1 aromatic rings. The summed E-state index contributed by atoms with van der Waals surface area (Å²) in [7, 11) is 0. The Morgan fingerprint density at radius 2 is 1.85 bits per heavy atom. The van der Waals surface area contributed by atoms with Crippen LogP contribution in [0.5, 0.6) is 0 Å². The number of aryl methyl sites for hydroxylation is 1. The van der Waals surface area contributed by atoms with Gasteiger partial charge in [-0.2, -0.15) is 0 Å². The monoisotopic (exact) mass is 382 g/mol. The zero-order valence-electron chi connectivity index (χ0n) is 15.2. The van der Waals surface area contributed by atoms with Gasteiger partial charge in [0.05, 0.1) is 19.1 Å². The molecule has 1 heterocycles. The molecule has 1 aliphatic rings. The summed E-state index contributed by atoms with van der Waals surface area (Å²) >= 11 is 0. The second-order valence-corrected chi connectivity index (χ2v) is 6.54. The van der Waals surface area contributed by atoms with Gasteiger partial charge >= 0.3 is 0 Å². The highest BCUT2D eigenvalue weighted by atomic mass is 35.5. The van der Waals surface area contributed by atoms with Gasteiger partial charge in [0.2, 0.25) is 17.7 Å². The zero-order valence-corrected chi connectivity index (χ0v) is 16.0. The number of para-hydroxylation sites is 1. The Morgan fingerprint density at radius 3 is 2.54 bits per heavy atom. The summed E-state index contributed by atoms with van der Waals surface area (Å²) in [5, 5.41) is 5.03. The molecule has 7 nitrogen and oxygen atoms in total. The Labute approximate surface area is 160 Å². The zero-order chi connectivity index (χ0) is 18.4. The summed E-state index contributed by atoms with van der Waals surface area (Å²) in [6.45, 7) is 4.02. The molecule has 0 aromatic heterocycles. The lowest BCUT2D eigenvalue weighted by Crippen LogP contribution is -2.48. The highest BCUT2D eigenvalue weighted by molar-refractivity contribution is 5.98. The summed E-state index contributed by atoms with van der Waals surface area (Å²) in [6.07, 6.45) is 1.86. The molecule has 0 saturated heterocycles. The van der Waals surface area contributed by atoms with Gasteiger partial charge in [-0.15, -0.1) is 12.4 Å². The Morgan fingerprint density at radius 1 is 1.15 bits per heavy atom. The van der Waals surface area contributed by atoms with E-state index in [0.29, 0.717) is 6.54 Å². The molecular weight excluding hydrogens is 356 g/mol. The summed E-state index contributed by atoms with van der Waals surface area (Å²) in [5.74, 6) is -0.959. The van der Waals surface area contributed by atoms with E-state index in [0.717, 1.165) is 24.1 Å². The topological polar surface area (TPSA) is 105 Å². The fraction of sp³-hybridized carbons (Fsp3) is 0.500. The van der Waals surface area contributed by atoms with Crippen molar-refractivity contribution in [3.63, 3.8) is 0 Å². The van der Waals surface area contributed by atoms with Gasteiger partial charge in [0.25, 0.3) is 0 Å². The number of nitrogens with one attached hydrogen (secondary N) is 2. The van der Waals surface area contributed by atoms with Crippen LogP contribution in [-0.2, 0) is 20.8 Å². The minimum atomic E-state index is -0.653. The number of halogens is 1. The fourth-order valence-electron chi connectivity index (χ4n) is 2.71. The number of amides is 3. The smallest absolute Gasteiger partial charge is 0.246 e. The number of carbonyl (C=O) groups is 3. The first-order chi connectivity index (χ1) is 11.9. The Balaban J connectivity index is 0.00000338. The van der Waals surface area contributed by atoms with Gasteiger partial charge in [0.1, 0.15) is 0 Å². The van der Waals surface area contributed by atoms with Gasteiger partial charge in [-0.3, -0.25) is 14.4 Å². The van der Waals surface area contributed by atoms with Crippen LogP contribution in [0.25, 0.3) is 0 Å². The minimum Gasteiger partial charge on any atom is -0.346 e. The number of hydrogen-bond acceptors (Lipinski definition) is 4. The summed E-state index contributed by atoms with van der Waals surface area (Å²) in [6, 6.07) is 7.14. The SMILES string of the molecule is CC(C)[C@H](N)C(=O)NCC(=O)NCC(=O)N1CCCc2ccccc21.Cl. The van der Waals surface area contributed by atoms with Gasteiger partial charge in [-0.1, -0.05) is 32.0 Å². The molecule has 26 heavy (non-hydrogen) atoms. The maximum absolute atomic E-state index is 12.4. The van der Waals surface area contributed by atoms with Crippen molar-refractivity contribution >= 4 is 35.8 Å². The second kappa shape index (κ2) is 10.1. The van der Waals surface area contributed by atoms with E-state index < -0.39 is 11.9 Å². The van der Waals surface area contributed by atoms with E-state index in [4.69, 9.17) is 5.73 Å². The van der Waals surface area contributed by atoms with Crippen molar-refractivity contribution in [3.05, 3.63) is 29.8 Å². The molecule has 0 bridgehead atoms. The van der Waals surface area contributed by atoms with E-state index in [1.807, 2.05) is 38.1 Å². The van der Waals surface area contributed by atoms with Crippen LogP contribution in [-0.4, -0.2) is 43.4 Å². The molecule has 0 saturated carbocycles. The third-order valence-corrected chi connectivity index (χ3v) is 4.29. The molecule has 4 N–H and O–H groups in total. The number of nitrogens with two attached hydrogens (primary N) is 1. The van der Waals surface area contributed by atoms with Gasteiger partial charge in [-0.25, -0.2) is 0 Å². The molecule has 0 fully saturated rings. The van der Waals surface area contributed by atoms with E-state index in [1.54, 1.807) is 4.90 Å². The van der Waals surface area contributed by atoms with Crippen molar-refractivity contribution in [3.8, 4) is 0 Å². The van der Waals surface area contributed by atoms with Crippen molar-refractivity contribution < 1.29 is 14.4 Å². The van der Waals surface area contributed by atoms with Crippen LogP contribution in [0.1, 0.15) is 25.8 Å². The van der Waals surface area contributed by atoms with Crippen LogP contribution in [0.2, 0.25) is 0 Å². The largest absolute Gasteiger partial charge is 0.346 e. The fourth-order valence-corrected chi connectivity index (χ4v) is 2.71. The lowest BCUT2D eigenvalue weighted by Gasteiger charge is -2.29. The van der Waals surface area contributed by atoms with Crippen molar-refractivity contribution in [1.29, 1.82) is 0 Å². The molecule has 8 heteroatoms. The van der Waals surface area contributed by atoms with E-state index in [1.165, 1.54) is 0 Å². The van der Waals surface area contributed by atoms with Crippen molar-refractivity contribution in [1.82, 2.24) is 10.6 Å². The van der Waals surface area contributed by atoms with Crippen LogP contribution < -0.4 is 21.3 Å². The van der Waals surface area contributed by atoms with Gasteiger partial charge in [0.15, 0.2) is 0 Å². The predicted molar refractivity (Wildman–Crippen MR) is 103 cm³/mol. The highest BCUT2D eigenvalue weighted by Gasteiger charge is 2.22.